The van der Waals surface area contributed by atoms with Crippen LogP contribution in [0.5, 0.6) is 0 Å². The lowest BCUT2D eigenvalue weighted by molar-refractivity contribution is 0.0938. The van der Waals surface area contributed by atoms with Gasteiger partial charge in [0.25, 0.3) is 5.91 Å². The minimum Gasteiger partial charge on any atom is -0.351 e. The smallest absolute Gasteiger partial charge is 0.269 e. The molecule has 1 amide bonds. The Balaban J connectivity index is 1.68. The molecule has 0 saturated heterocycles. The molecular weight excluding hydrogens is 386 g/mol. The van der Waals surface area contributed by atoms with E-state index in [0.717, 1.165) is 0 Å². The van der Waals surface area contributed by atoms with Gasteiger partial charge in [0.15, 0.2) is 5.78 Å². The van der Waals surface area contributed by atoms with Gasteiger partial charge in [0.1, 0.15) is 5.69 Å². The number of carbonyl (C=O) groups excluding carboxylic acids is 2. The molecule has 3 rings (SSSR count). The van der Waals surface area contributed by atoms with E-state index in [9.17, 15) is 9.59 Å². The molecule has 31 heavy (non-hydrogen) atoms. The maximum absolute atomic E-state index is 12.6. The molecule has 0 spiro atoms. The van der Waals surface area contributed by atoms with Crippen LogP contribution in [0.1, 0.15) is 46.7 Å². The molecule has 1 atom stereocenters. The Morgan fingerprint density at radius 1 is 0.903 bits per heavy atom. The van der Waals surface area contributed by atoms with Crippen molar-refractivity contribution in [1.29, 1.82) is 0 Å². The Morgan fingerprint density at radius 2 is 1.55 bits per heavy atom. The van der Waals surface area contributed by atoms with Gasteiger partial charge in [-0.25, -0.2) is 0 Å². The predicted octanol–water partition coefficient (Wildman–Crippen LogP) is 4.02. The van der Waals surface area contributed by atoms with Crippen LogP contribution in [0.25, 0.3) is 0 Å². The molecule has 0 aliphatic heterocycles. The molecule has 0 aliphatic carbocycles. The summed E-state index contributed by atoms with van der Waals surface area (Å²) in [5.74, 6) is -0.149. The fourth-order valence-corrected chi connectivity index (χ4v) is 3.65. The van der Waals surface area contributed by atoms with E-state index in [1.54, 1.807) is 24.4 Å². The van der Waals surface area contributed by atoms with E-state index in [2.05, 4.69) is 41.6 Å². The Labute approximate surface area is 183 Å². The van der Waals surface area contributed by atoms with Gasteiger partial charge in [-0.3, -0.25) is 14.6 Å². The topological polar surface area (TPSA) is 71.1 Å². The summed E-state index contributed by atoms with van der Waals surface area (Å²) in [7, 11) is 0. The number of nitrogens with zero attached hydrogens (tertiary/aromatic N) is 1. The molecule has 0 aliphatic rings. The summed E-state index contributed by atoms with van der Waals surface area (Å²) in [5.41, 5.74) is 2.02. The number of rotatable bonds is 10. The zero-order chi connectivity index (χ0) is 22.1. The van der Waals surface area contributed by atoms with E-state index in [1.807, 2.05) is 48.5 Å². The summed E-state index contributed by atoms with van der Waals surface area (Å²) in [6.07, 6.45) is 2.27. The highest BCUT2D eigenvalue weighted by Gasteiger charge is 2.31. The number of aromatic nitrogens is 1. The van der Waals surface area contributed by atoms with E-state index in [1.165, 1.54) is 5.56 Å². The van der Waals surface area contributed by atoms with Crippen molar-refractivity contribution in [2.24, 2.45) is 0 Å². The van der Waals surface area contributed by atoms with Crippen molar-refractivity contribution in [2.45, 2.75) is 31.7 Å². The van der Waals surface area contributed by atoms with E-state index in [-0.39, 0.29) is 29.7 Å². The number of amides is 1. The van der Waals surface area contributed by atoms with Crippen molar-refractivity contribution < 1.29 is 9.59 Å². The molecule has 2 aromatic carbocycles. The van der Waals surface area contributed by atoms with Gasteiger partial charge in [0, 0.05) is 29.8 Å². The summed E-state index contributed by atoms with van der Waals surface area (Å²) in [6.45, 7) is 5.03. The monoisotopic (exact) mass is 415 g/mol. The molecule has 0 fully saturated rings. The van der Waals surface area contributed by atoms with Gasteiger partial charge in [-0.15, -0.1) is 0 Å². The molecular formula is C26H29N3O2. The van der Waals surface area contributed by atoms with Crippen LogP contribution >= 0.6 is 0 Å². The highest BCUT2D eigenvalue weighted by molar-refractivity contribution is 5.97. The highest BCUT2D eigenvalue weighted by Crippen LogP contribution is 2.28. The first kappa shape index (κ1) is 22.4. The Bertz CT molecular complexity index is 973. The first-order valence-corrected chi connectivity index (χ1v) is 10.5. The second-order valence-electron chi connectivity index (χ2n) is 8.07. The summed E-state index contributed by atoms with van der Waals surface area (Å²) in [5, 5.41) is 6.40. The summed E-state index contributed by atoms with van der Waals surface area (Å²) in [4.78, 5) is 29.1. The van der Waals surface area contributed by atoms with E-state index in [4.69, 9.17) is 0 Å². The molecule has 1 heterocycles. The molecule has 2 N–H and O–H groups in total. The van der Waals surface area contributed by atoms with Gasteiger partial charge in [-0.05, 0) is 24.1 Å². The zero-order valence-electron chi connectivity index (χ0n) is 18.0. The van der Waals surface area contributed by atoms with Gasteiger partial charge in [0.2, 0.25) is 0 Å². The molecule has 160 valence electrons. The lowest BCUT2D eigenvalue weighted by Crippen LogP contribution is -2.48. The largest absolute Gasteiger partial charge is 0.351 e. The Kier molecular flexibility index (Phi) is 7.68. The molecule has 0 bridgehead atoms. The van der Waals surface area contributed by atoms with Crippen LogP contribution < -0.4 is 10.6 Å². The molecule has 5 nitrogen and oxygen atoms in total. The fourth-order valence-electron chi connectivity index (χ4n) is 3.65. The van der Waals surface area contributed by atoms with Crippen molar-refractivity contribution in [1.82, 2.24) is 15.6 Å². The number of pyridine rings is 1. The quantitative estimate of drug-likeness (QED) is 0.491. The second kappa shape index (κ2) is 10.6. The van der Waals surface area contributed by atoms with Crippen LogP contribution in [0.3, 0.4) is 0 Å². The molecule has 5 heteroatoms. The van der Waals surface area contributed by atoms with Crippen molar-refractivity contribution in [3.05, 3.63) is 102 Å². The van der Waals surface area contributed by atoms with Gasteiger partial charge >= 0.3 is 0 Å². The van der Waals surface area contributed by atoms with Gasteiger partial charge in [-0.2, -0.15) is 0 Å². The van der Waals surface area contributed by atoms with Crippen molar-refractivity contribution in [2.75, 3.05) is 13.1 Å². The molecule has 3 aromatic rings. The first-order chi connectivity index (χ1) is 15.0. The number of nitrogens with one attached hydrogen (secondary N) is 2. The van der Waals surface area contributed by atoms with Gasteiger partial charge < -0.3 is 10.6 Å². The average molecular weight is 416 g/mol. The summed E-state index contributed by atoms with van der Waals surface area (Å²) >= 11 is 0. The molecule has 1 aromatic heterocycles. The SMILES string of the molecule is CC(C)(c1ccccc1)C(CCNC(=O)c1ccccn1)NCC(=O)c1ccccc1. The van der Waals surface area contributed by atoms with Gasteiger partial charge in [0.05, 0.1) is 6.54 Å². The van der Waals surface area contributed by atoms with E-state index < -0.39 is 0 Å². The standard InChI is InChI=1S/C26H29N3O2/c1-26(2,21-13-7-4-8-14-21)24(29-19-23(30)20-11-5-3-6-12-20)16-18-28-25(31)22-15-9-10-17-27-22/h3-15,17,24,29H,16,18-19H2,1-2H3,(H,28,31). The third-order valence-electron chi connectivity index (χ3n) is 5.61. The number of hydrogen-bond donors (Lipinski definition) is 2. The van der Waals surface area contributed by atoms with Crippen LogP contribution in [0.4, 0.5) is 0 Å². The minimum absolute atomic E-state index is 0.0217. The third kappa shape index (κ3) is 6.09. The number of benzene rings is 2. The van der Waals surface area contributed by atoms with Crippen molar-refractivity contribution in [3.63, 3.8) is 0 Å². The Hall–Kier alpha value is -3.31. The highest BCUT2D eigenvalue weighted by atomic mass is 16.2. The number of carbonyl (C=O) groups is 2. The predicted molar refractivity (Wildman–Crippen MR) is 123 cm³/mol. The Morgan fingerprint density at radius 3 is 2.19 bits per heavy atom. The van der Waals surface area contributed by atoms with Crippen LogP contribution in [-0.2, 0) is 5.41 Å². The van der Waals surface area contributed by atoms with E-state index in [0.29, 0.717) is 24.2 Å². The van der Waals surface area contributed by atoms with Gasteiger partial charge in [-0.1, -0.05) is 80.6 Å². The maximum atomic E-state index is 12.6. The minimum atomic E-state index is -0.242. The second-order valence-corrected chi connectivity index (χ2v) is 8.07. The van der Waals surface area contributed by atoms with Crippen LogP contribution in [0.2, 0.25) is 0 Å². The number of Topliss-reactive ketones (excluding diaryl/α,β-unsaturated/α-hetero) is 1. The first-order valence-electron chi connectivity index (χ1n) is 10.5. The number of hydrogen-bond acceptors (Lipinski definition) is 4. The maximum Gasteiger partial charge on any atom is 0.269 e. The fraction of sp³-hybridized carbons (Fsp3) is 0.269. The van der Waals surface area contributed by atoms with Crippen LogP contribution in [0, 0.1) is 0 Å². The van der Waals surface area contributed by atoms with E-state index >= 15 is 0 Å². The molecule has 0 saturated carbocycles. The lowest BCUT2D eigenvalue weighted by atomic mass is 9.76. The summed E-state index contributed by atoms with van der Waals surface area (Å²) in [6, 6.07) is 24.8. The van der Waals surface area contributed by atoms with Crippen LogP contribution in [-0.4, -0.2) is 35.8 Å². The molecule has 1 unspecified atom stereocenters. The zero-order valence-corrected chi connectivity index (χ0v) is 18.0. The van der Waals surface area contributed by atoms with Crippen molar-refractivity contribution >= 4 is 11.7 Å². The summed E-state index contributed by atoms with van der Waals surface area (Å²) < 4.78 is 0. The number of ketones is 1. The molecule has 0 radical (unpaired) electrons. The lowest BCUT2D eigenvalue weighted by Gasteiger charge is -2.36. The third-order valence-corrected chi connectivity index (χ3v) is 5.61. The normalized spacial score (nSPS) is 12.2. The average Bonchev–Trinajstić information content (AvgIpc) is 2.82. The van der Waals surface area contributed by atoms with Crippen LogP contribution in [0.15, 0.2) is 85.1 Å². The van der Waals surface area contributed by atoms with Crippen molar-refractivity contribution in [3.8, 4) is 0 Å².